The van der Waals surface area contributed by atoms with Crippen LogP contribution in [0.15, 0.2) is 24.3 Å². The molecule has 0 saturated carbocycles. The zero-order chi connectivity index (χ0) is 13.5. The van der Waals surface area contributed by atoms with Gasteiger partial charge in [-0.2, -0.15) is 0 Å². The van der Waals surface area contributed by atoms with Crippen LogP contribution in [0.1, 0.15) is 18.9 Å². The highest BCUT2D eigenvalue weighted by atomic mass is 16.5. The van der Waals surface area contributed by atoms with Crippen molar-refractivity contribution >= 4 is 11.9 Å². The third-order valence-electron chi connectivity index (χ3n) is 2.37. The fourth-order valence-corrected chi connectivity index (χ4v) is 1.28. The van der Waals surface area contributed by atoms with Crippen LogP contribution in [-0.4, -0.2) is 24.6 Å². The summed E-state index contributed by atoms with van der Waals surface area (Å²) in [6, 6.07) is 7.51. The minimum Gasteiger partial charge on any atom is -0.493 e. The highest BCUT2D eigenvalue weighted by Crippen LogP contribution is 2.16. The van der Waals surface area contributed by atoms with E-state index in [1.165, 1.54) is 6.92 Å². The van der Waals surface area contributed by atoms with Crippen LogP contribution >= 0.6 is 0 Å². The molecule has 1 aromatic rings. The lowest BCUT2D eigenvalue weighted by Gasteiger charge is -2.11. The van der Waals surface area contributed by atoms with Gasteiger partial charge in [0, 0.05) is 0 Å². The Balaban J connectivity index is 2.32. The summed E-state index contributed by atoms with van der Waals surface area (Å²) in [5, 5.41) is 0. The highest BCUT2D eigenvalue weighted by molar-refractivity contribution is 5.81. The second-order valence-corrected chi connectivity index (χ2v) is 3.90. The third-order valence-corrected chi connectivity index (χ3v) is 2.37. The predicted octanol–water partition coefficient (Wildman–Crippen LogP) is 1.18. The Morgan fingerprint density at radius 1 is 1.33 bits per heavy atom. The molecule has 18 heavy (non-hydrogen) atoms. The first-order valence-electron chi connectivity index (χ1n) is 5.68. The zero-order valence-electron chi connectivity index (χ0n) is 10.5. The first-order valence-corrected chi connectivity index (χ1v) is 5.68. The minimum absolute atomic E-state index is 0.0754. The number of carbonyl (C=O) groups is 2. The van der Waals surface area contributed by atoms with Crippen molar-refractivity contribution in [2.24, 2.45) is 5.73 Å². The maximum atomic E-state index is 11.3. The molecule has 5 nitrogen and oxygen atoms in total. The molecule has 0 aliphatic rings. The molecule has 1 rings (SSSR count). The summed E-state index contributed by atoms with van der Waals surface area (Å²) < 4.78 is 10.2. The number of para-hydroxylation sites is 1. The van der Waals surface area contributed by atoms with Crippen molar-refractivity contribution in [2.75, 3.05) is 6.61 Å². The molecule has 0 bridgehead atoms. The Morgan fingerprint density at radius 3 is 2.61 bits per heavy atom. The van der Waals surface area contributed by atoms with E-state index in [1.54, 1.807) is 0 Å². The molecule has 0 unspecified atom stereocenters. The van der Waals surface area contributed by atoms with Gasteiger partial charge in [0.25, 0.3) is 5.91 Å². The number of benzene rings is 1. The molecule has 1 amide bonds. The van der Waals surface area contributed by atoms with Crippen LogP contribution in [0.5, 0.6) is 5.75 Å². The number of carbonyl (C=O) groups excluding carboxylic acids is 2. The number of ether oxygens (including phenoxy) is 2. The van der Waals surface area contributed by atoms with Gasteiger partial charge < -0.3 is 15.2 Å². The van der Waals surface area contributed by atoms with Crippen LogP contribution in [0, 0.1) is 6.92 Å². The van der Waals surface area contributed by atoms with Crippen molar-refractivity contribution in [3.8, 4) is 5.75 Å². The molecular weight excluding hydrogens is 234 g/mol. The van der Waals surface area contributed by atoms with E-state index in [-0.39, 0.29) is 13.0 Å². The number of hydrogen-bond acceptors (Lipinski definition) is 4. The van der Waals surface area contributed by atoms with Crippen molar-refractivity contribution in [2.45, 2.75) is 26.4 Å². The standard InChI is InChI=1S/C13H17NO4/c1-9-5-3-4-6-11(9)17-8-7-12(15)18-10(2)13(14)16/h3-6,10H,7-8H2,1-2H3,(H2,14,16)/t10-/m0/s1. The number of aryl methyl sites for hydroxylation is 1. The van der Waals surface area contributed by atoms with Crippen LogP contribution in [0.2, 0.25) is 0 Å². The predicted molar refractivity (Wildman–Crippen MR) is 66.0 cm³/mol. The fourth-order valence-electron chi connectivity index (χ4n) is 1.28. The second kappa shape index (κ2) is 6.64. The van der Waals surface area contributed by atoms with E-state index in [2.05, 4.69) is 0 Å². The lowest BCUT2D eigenvalue weighted by Crippen LogP contribution is -2.30. The summed E-state index contributed by atoms with van der Waals surface area (Å²) >= 11 is 0. The Bertz CT molecular complexity index is 431. The number of rotatable bonds is 6. The lowest BCUT2D eigenvalue weighted by molar-refractivity contribution is -0.154. The summed E-state index contributed by atoms with van der Waals surface area (Å²) in [5.74, 6) is -0.439. The van der Waals surface area contributed by atoms with E-state index in [1.807, 2.05) is 31.2 Å². The lowest BCUT2D eigenvalue weighted by atomic mass is 10.2. The largest absolute Gasteiger partial charge is 0.493 e. The average Bonchev–Trinajstić information content (AvgIpc) is 2.31. The van der Waals surface area contributed by atoms with E-state index >= 15 is 0 Å². The summed E-state index contributed by atoms with van der Waals surface area (Å²) in [6.45, 7) is 3.56. The number of hydrogen-bond donors (Lipinski definition) is 1. The van der Waals surface area contributed by atoms with Crippen LogP contribution in [-0.2, 0) is 14.3 Å². The Hall–Kier alpha value is -2.04. The van der Waals surface area contributed by atoms with Gasteiger partial charge in [-0.25, -0.2) is 0 Å². The topological polar surface area (TPSA) is 78.6 Å². The van der Waals surface area contributed by atoms with Crippen molar-refractivity contribution in [3.05, 3.63) is 29.8 Å². The normalized spacial score (nSPS) is 11.7. The molecule has 0 heterocycles. The van der Waals surface area contributed by atoms with Gasteiger partial charge in [0.1, 0.15) is 5.75 Å². The first kappa shape index (κ1) is 14.0. The molecule has 98 valence electrons. The van der Waals surface area contributed by atoms with Gasteiger partial charge >= 0.3 is 5.97 Å². The molecular formula is C13H17NO4. The molecule has 0 aliphatic heterocycles. The Morgan fingerprint density at radius 2 is 2.00 bits per heavy atom. The molecule has 1 aromatic carbocycles. The molecule has 0 spiro atoms. The van der Waals surface area contributed by atoms with Crippen LogP contribution in [0.4, 0.5) is 0 Å². The van der Waals surface area contributed by atoms with Crippen molar-refractivity contribution < 1.29 is 19.1 Å². The van der Waals surface area contributed by atoms with Crippen LogP contribution < -0.4 is 10.5 Å². The number of primary amides is 1. The quantitative estimate of drug-likeness (QED) is 0.770. The second-order valence-electron chi connectivity index (χ2n) is 3.90. The van der Waals surface area contributed by atoms with E-state index in [9.17, 15) is 9.59 Å². The maximum absolute atomic E-state index is 11.3. The zero-order valence-corrected chi connectivity index (χ0v) is 10.5. The molecule has 0 aliphatic carbocycles. The van der Waals surface area contributed by atoms with Crippen molar-refractivity contribution in [1.29, 1.82) is 0 Å². The monoisotopic (exact) mass is 251 g/mol. The van der Waals surface area contributed by atoms with Crippen LogP contribution in [0.25, 0.3) is 0 Å². The van der Waals surface area contributed by atoms with Gasteiger partial charge in [-0.1, -0.05) is 18.2 Å². The molecule has 0 aromatic heterocycles. The first-order chi connectivity index (χ1) is 8.50. The summed E-state index contributed by atoms with van der Waals surface area (Å²) in [7, 11) is 0. The highest BCUT2D eigenvalue weighted by Gasteiger charge is 2.14. The third kappa shape index (κ3) is 4.45. The maximum Gasteiger partial charge on any atom is 0.310 e. The number of amides is 1. The SMILES string of the molecule is Cc1ccccc1OCCC(=O)O[C@@H](C)C(N)=O. The molecule has 0 fully saturated rings. The Labute approximate surface area is 106 Å². The van der Waals surface area contributed by atoms with Gasteiger partial charge in [0.05, 0.1) is 13.0 Å². The Kier molecular flexibility index (Phi) is 5.17. The van der Waals surface area contributed by atoms with Gasteiger partial charge in [-0.05, 0) is 25.5 Å². The number of nitrogens with two attached hydrogens (primary N) is 1. The smallest absolute Gasteiger partial charge is 0.310 e. The minimum atomic E-state index is -0.907. The summed E-state index contributed by atoms with van der Waals surface area (Å²) in [5.41, 5.74) is 5.97. The molecule has 2 N–H and O–H groups in total. The van der Waals surface area contributed by atoms with Gasteiger partial charge in [-0.3, -0.25) is 9.59 Å². The van der Waals surface area contributed by atoms with Gasteiger partial charge in [0.2, 0.25) is 0 Å². The van der Waals surface area contributed by atoms with Crippen LogP contribution in [0.3, 0.4) is 0 Å². The molecule has 0 radical (unpaired) electrons. The van der Waals surface area contributed by atoms with E-state index in [0.717, 1.165) is 11.3 Å². The van der Waals surface area contributed by atoms with E-state index < -0.39 is 18.0 Å². The van der Waals surface area contributed by atoms with Gasteiger partial charge in [0.15, 0.2) is 6.10 Å². The summed E-state index contributed by atoms with van der Waals surface area (Å²) in [4.78, 5) is 22.0. The van der Waals surface area contributed by atoms with Gasteiger partial charge in [-0.15, -0.1) is 0 Å². The molecule has 0 saturated heterocycles. The summed E-state index contributed by atoms with van der Waals surface area (Å²) in [6.07, 6.45) is -0.831. The average molecular weight is 251 g/mol. The fraction of sp³-hybridized carbons (Fsp3) is 0.385. The van der Waals surface area contributed by atoms with Crippen molar-refractivity contribution in [1.82, 2.24) is 0 Å². The van der Waals surface area contributed by atoms with Crippen molar-refractivity contribution in [3.63, 3.8) is 0 Å². The molecule has 5 heteroatoms. The van der Waals surface area contributed by atoms with E-state index in [0.29, 0.717) is 0 Å². The van der Waals surface area contributed by atoms with E-state index in [4.69, 9.17) is 15.2 Å². The molecule has 1 atom stereocenters. The number of esters is 1.